The second kappa shape index (κ2) is 11.3. The standard InChI is InChI=1S/C25H33FN4O4S/c1-25(2,3)29-35(33,34)30-15-13-21(14-16-30)27-24(32)22(17-18-7-5-4-6-8-18)28-23(31)19-9-11-20(26)12-10-19/h4-12,21-22,29H,13-17H2,1-3H3,(H,27,32)(H,28,31). The van der Waals surface area contributed by atoms with E-state index in [1.165, 1.54) is 28.6 Å². The maximum atomic E-state index is 13.2. The van der Waals surface area contributed by atoms with Crippen molar-refractivity contribution in [1.82, 2.24) is 19.7 Å². The van der Waals surface area contributed by atoms with Crippen molar-refractivity contribution in [1.29, 1.82) is 0 Å². The van der Waals surface area contributed by atoms with Gasteiger partial charge in [-0.15, -0.1) is 0 Å². The van der Waals surface area contributed by atoms with Crippen molar-refractivity contribution in [3.05, 3.63) is 71.5 Å². The molecule has 1 aliphatic heterocycles. The number of nitrogens with zero attached hydrogens (tertiary/aromatic N) is 1. The van der Waals surface area contributed by atoms with Gasteiger partial charge in [0.15, 0.2) is 0 Å². The zero-order valence-electron chi connectivity index (χ0n) is 20.3. The Labute approximate surface area is 206 Å². The highest BCUT2D eigenvalue weighted by atomic mass is 32.2. The Morgan fingerprint density at radius 3 is 2.20 bits per heavy atom. The van der Waals surface area contributed by atoms with Gasteiger partial charge in [-0.05, 0) is 63.4 Å². The topological polar surface area (TPSA) is 108 Å². The van der Waals surface area contributed by atoms with Crippen LogP contribution in [0.5, 0.6) is 0 Å². The number of carbonyl (C=O) groups is 2. The van der Waals surface area contributed by atoms with Crippen molar-refractivity contribution in [3.8, 4) is 0 Å². The van der Waals surface area contributed by atoms with Crippen LogP contribution >= 0.6 is 0 Å². The van der Waals surface area contributed by atoms with E-state index < -0.39 is 33.5 Å². The molecule has 3 rings (SSSR count). The molecule has 1 saturated heterocycles. The van der Waals surface area contributed by atoms with Gasteiger partial charge in [0, 0.05) is 36.7 Å². The van der Waals surface area contributed by atoms with Crippen molar-refractivity contribution >= 4 is 22.0 Å². The van der Waals surface area contributed by atoms with Crippen LogP contribution in [0.3, 0.4) is 0 Å². The second-order valence-electron chi connectivity index (χ2n) is 9.76. The van der Waals surface area contributed by atoms with Gasteiger partial charge in [-0.2, -0.15) is 17.4 Å². The summed E-state index contributed by atoms with van der Waals surface area (Å²) >= 11 is 0. The van der Waals surface area contributed by atoms with E-state index in [1.54, 1.807) is 20.8 Å². The Hall–Kier alpha value is -2.82. The third-order valence-corrected chi connectivity index (χ3v) is 7.50. The average Bonchev–Trinajstić information content (AvgIpc) is 2.78. The molecule has 1 fully saturated rings. The van der Waals surface area contributed by atoms with E-state index in [-0.39, 0.29) is 37.0 Å². The summed E-state index contributed by atoms with van der Waals surface area (Å²) in [6, 6.07) is 13.4. The summed E-state index contributed by atoms with van der Waals surface area (Å²) in [6.07, 6.45) is 1.20. The van der Waals surface area contributed by atoms with E-state index in [2.05, 4.69) is 15.4 Å². The van der Waals surface area contributed by atoms with Gasteiger partial charge in [0.05, 0.1) is 0 Å². The quantitative estimate of drug-likeness (QED) is 0.513. The third kappa shape index (κ3) is 8.12. The lowest BCUT2D eigenvalue weighted by molar-refractivity contribution is -0.123. The molecule has 10 heteroatoms. The number of rotatable bonds is 8. The van der Waals surface area contributed by atoms with Gasteiger partial charge >= 0.3 is 0 Å². The van der Waals surface area contributed by atoms with Gasteiger partial charge in [-0.25, -0.2) is 4.39 Å². The fraction of sp³-hybridized carbons (Fsp3) is 0.440. The van der Waals surface area contributed by atoms with E-state index in [4.69, 9.17) is 0 Å². The molecule has 0 bridgehead atoms. The molecule has 0 saturated carbocycles. The van der Waals surface area contributed by atoms with Crippen LogP contribution < -0.4 is 15.4 Å². The Bertz CT molecular complexity index is 1110. The molecule has 0 spiro atoms. The number of benzene rings is 2. The number of hydrogen-bond acceptors (Lipinski definition) is 4. The monoisotopic (exact) mass is 504 g/mol. The molecule has 0 aliphatic carbocycles. The van der Waals surface area contributed by atoms with Crippen LogP contribution in [0.15, 0.2) is 54.6 Å². The summed E-state index contributed by atoms with van der Waals surface area (Å²) in [4.78, 5) is 25.9. The molecule has 1 atom stereocenters. The van der Waals surface area contributed by atoms with Crippen LogP contribution in [0.2, 0.25) is 0 Å². The molecule has 2 aromatic rings. The first-order valence-corrected chi connectivity index (χ1v) is 13.1. The van der Waals surface area contributed by atoms with Crippen LogP contribution in [-0.4, -0.2) is 55.2 Å². The summed E-state index contributed by atoms with van der Waals surface area (Å²) in [7, 11) is -3.61. The first-order valence-electron chi connectivity index (χ1n) is 11.6. The van der Waals surface area contributed by atoms with Crippen molar-refractivity contribution < 1.29 is 22.4 Å². The minimum absolute atomic E-state index is 0.218. The number of halogens is 1. The molecule has 3 N–H and O–H groups in total. The van der Waals surface area contributed by atoms with Gasteiger partial charge in [-0.1, -0.05) is 30.3 Å². The first-order chi connectivity index (χ1) is 16.4. The smallest absolute Gasteiger partial charge is 0.279 e. The molecule has 1 aliphatic rings. The summed E-state index contributed by atoms with van der Waals surface area (Å²) < 4.78 is 42.4. The van der Waals surface area contributed by atoms with E-state index in [0.29, 0.717) is 12.8 Å². The lowest BCUT2D eigenvalue weighted by Crippen LogP contribution is -2.55. The predicted octanol–water partition coefficient (Wildman–Crippen LogP) is 2.38. The van der Waals surface area contributed by atoms with Crippen LogP contribution in [0.25, 0.3) is 0 Å². The molecule has 35 heavy (non-hydrogen) atoms. The van der Waals surface area contributed by atoms with E-state index >= 15 is 0 Å². The van der Waals surface area contributed by atoms with Crippen LogP contribution in [-0.2, 0) is 21.4 Å². The molecular formula is C25H33FN4O4S. The second-order valence-corrected chi connectivity index (χ2v) is 11.4. The average molecular weight is 505 g/mol. The molecular weight excluding hydrogens is 471 g/mol. The molecule has 2 aromatic carbocycles. The van der Waals surface area contributed by atoms with Gasteiger partial charge in [0.25, 0.3) is 16.1 Å². The zero-order valence-corrected chi connectivity index (χ0v) is 21.1. The minimum Gasteiger partial charge on any atom is -0.351 e. The van der Waals surface area contributed by atoms with E-state index in [0.717, 1.165) is 5.56 Å². The summed E-state index contributed by atoms with van der Waals surface area (Å²) in [6.45, 7) is 5.91. The number of nitrogens with one attached hydrogen (secondary N) is 3. The van der Waals surface area contributed by atoms with Crippen LogP contribution in [0.4, 0.5) is 4.39 Å². The van der Waals surface area contributed by atoms with Crippen molar-refractivity contribution in [2.45, 2.75) is 57.7 Å². The number of amides is 2. The van der Waals surface area contributed by atoms with Gasteiger partial charge in [-0.3, -0.25) is 9.59 Å². The number of piperidine rings is 1. The highest BCUT2D eigenvalue weighted by Gasteiger charge is 2.32. The van der Waals surface area contributed by atoms with Gasteiger partial charge in [0.2, 0.25) is 5.91 Å². The minimum atomic E-state index is -3.61. The fourth-order valence-corrected chi connectivity index (χ4v) is 5.49. The maximum Gasteiger partial charge on any atom is 0.279 e. The molecule has 1 heterocycles. The Morgan fingerprint density at radius 2 is 1.63 bits per heavy atom. The SMILES string of the molecule is CC(C)(C)NS(=O)(=O)N1CCC(NC(=O)C(Cc2ccccc2)NC(=O)c2ccc(F)cc2)CC1. The summed E-state index contributed by atoms with van der Waals surface area (Å²) in [5, 5.41) is 5.73. The normalized spacial score (nSPS) is 16.5. The Morgan fingerprint density at radius 1 is 1.03 bits per heavy atom. The number of carbonyl (C=O) groups excluding carboxylic acids is 2. The van der Waals surface area contributed by atoms with Gasteiger partial charge in [0.1, 0.15) is 11.9 Å². The first kappa shape index (κ1) is 26.8. The lowest BCUT2D eigenvalue weighted by Gasteiger charge is -2.34. The summed E-state index contributed by atoms with van der Waals surface area (Å²) in [5.41, 5.74) is 0.542. The highest BCUT2D eigenvalue weighted by molar-refractivity contribution is 7.87. The third-order valence-electron chi connectivity index (χ3n) is 5.59. The van der Waals surface area contributed by atoms with Crippen LogP contribution in [0, 0.1) is 5.82 Å². The molecule has 8 nitrogen and oxygen atoms in total. The predicted molar refractivity (Wildman–Crippen MR) is 132 cm³/mol. The van der Waals surface area contributed by atoms with Crippen LogP contribution in [0.1, 0.15) is 49.5 Å². The zero-order chi connectivity index (χ0) is 25.6. The largest absolute Gasteiger partial charge is 0.351 e. The van der Waals surface area contributed by atoms with Crippen molar-refractivity contribution in [2.75, 3.05) is 13.1 Å². The van der Waals surface area contributed by atoms with Crippen molar-refractivity contribution in [3.63, 3.8) is 0 Å². The maximum absolute atomic E-state index is 13.2. The fourth-order valence-electron chi connectivity index (χ4n) is 3.90. The molecule has 0 aromatic heterocycles. The molecule has 0 radical (unpaired) electrons. The summed E-state index contributed by atoms with van der Waals surface area (Å²) in [5.74, 6) is -1.28. The molecule has 1 unspecified atom stereocenters. The van der Waals surface area contributed by atoms with E-state index in [1.807, 2.05) is 30.3 Å². The number of hydrogen-bond donors (Lipinski definition) is 3. The lowest BCUT2D eigenvalue weighted by atomic mass is 10.0. The van der Waals surface area contributed by atoms with Gasteiger partial charge < -0.3 is 10.6 Å². The molecule has 190 valence electrons. The van der Waals surface area contributed by atoms with Crippen molar-refractivity contribution in [2.24, 2.45) is 0 Å². The highest BCUT2D eigenvalue weighted by Crippen LogP contribution is 2.16. The molecule has 2 amide bonds. The Kier molecular flexibility index (Phi) is 8.63. The Balaban J connectivity index is 1.64. The van der Waals surface area contributed by atoms with E-state index in [9.17, 15) is 22.4 Å².